The van der Waals surface area contributed by atoms with Crippen LogP contribution in [-0.4, -0.2) is 45.7 Å². The molecule has 0 amide bonds. The van der Waals surface area contributed by atoms with Crippen molar-refractivity contribution in [2.75, 3.05) is 14.2 Å². The van der Waals surface area contributed by atoms with E-state index in [0.29, 0.717) is 23.6 Å². The van der Waals surface area contributed by atoms with Crippen molar-refractivity contribution in [1.29, 1.82) is 0 Å². The zero-order chi connectivity index (χ0) is 21.1. The number of aromatic nitrogens is 3. The fraction of sp³-hybridized carbons (Fsp3) is 0.368. The molecule has 3 rings (SSSR count). The molecule has 0 spiro atoms. The normalized spacial score (nSPS) is 14.4. The van der Waals surface area contributed by atoms with Crippen LogP contribution in [0.15, 0.2) is 29.8 Å². The summed E-state index contributed by atoms with van der Waals surface area (Å²) in [5.41, 5.74) is -1.30. The fourth-order valence-electron chi connectivity index (χ4n) is 3.19. The number of methoxy groups -OCH3 is 2. The summed E-state index contributed by atoms with van der Waals surface area (Å²) >= 11 is 0. The number of pyridine rings is 1. The van der Waals surface area contributed by atoms with Gasteiger partial charge in [-0.25, -0.2) is 8.78 Å². The second-order valence-corrected chi connectivity index (χ2v) is 6.35. The first-order valence-electron chi connectivity index (χ1n) is 8.78. The van der Waals surface area contributed by atoms with E-state index in [2.05, 4.69) is 10.1 Å². The van der Waals surface area contributed by atoms with Gasteiger partial charge in [0, 0.05) is 31.3 Å². The molecule has 1 N–H and O–H groups in total. The fourth-order valence-corrected chi connectivity index (χ4v) is 3.19. The molecule has 0 aromatic carbocycles. The molecule has 8 nitrogen and oxygen atoms in total. The molecule has 0 saturated heterocycles. The molecule has 10 heteroatoms. The van der Waals surface area contributed by atoms with Crippen LogP contribution in [0.1, 0.15) is 47.4 Å². The van der Waals surface area contributed by atoms with Gasteiger partial charge in [0.1, 0.15) is 22.7 Å². The lowest BCUT2D eigenvalue weighted by Crippen LogP contribution is -2.20. The second kappa shape index (κ2) is 8.38. The number of nitrogens with zero attached hydrogens (tertiary/aromatic N) is 3. The molecule has 0 saturated carbocycles. The third-order valence-corrected chi connectivity index (χ3v) is 4.53. The number of hydrogen-bond donors (Lipinski definition) is 1. The van der Waals surface area contributed by atoms with Crippen molar-refractivity contribution in [1.82, 2.24) is 14.8 Å². The molecular formula is C19H19F2N3O5. The van der Waals surface area contributed by atoms with Gasteiger partial charge >= 0.3 is 0 Å². The first-order valence-corrected chi connectivity index (χ1v) is 8.78. The molecule has 0 fully saturated rings. The summed E-state index contributed by atoms with van der Waals surface area (Å²) in [4.78, 5) is 29.0. The Bertz CT molecular complexity index is 984. The predicted octanol–water partition coefficient (Wildman–Crippen LogP) is 3.03. The van der Waals surface area contributed by atoms with Gasteiger partial charge in [0.2, 0.25) is 5.78 Å². The Kier molecular flexibility index (Phi) is 5.90. The molecule has 0 radical (unpaired) electrons. The van der Waals surface area contributed by atoms with E-state index < -0.39 is 34.8 Å². The number of hydrogen-bond acceptors (Lipinski definition) is 7. The van der Waals surface area contributed by atoms with E-state index in [4.69, 9.17) is 9.47 Å². The average Bonchev–Trinajstić information content (AvgIpc) is 3.11. The number of alkyl halides is 2. The highest BCUT2D eigenvalue weighted by molar-refractivity contribution is 6.27. The van der Waals surface area contributed by atoms with Crippen LogP contribution >= 0.6 is 0 Å². The van der Waals surface area contributed by atoms with Gasteiger partial charge in [-0.15, -0.1) is 0 Å². The van der Waals surface area contributed by atoms with Gasteiger partial charge < -0.3 is 14.6 Å². The summed E-state index contributed by atoms with van der Waals surface area (Å²) < 4.78 is 38.6. The number of carbonyl (C=O) groups excluding carboxylic acids is 2. The minimum atomic E-state index is -3.04. The summed E-state index contributed by atoms with van der Waals surface area (Å²) in [6.07, 6.45) is 0.168. The first-order chi connectivity index (χ1) is 13.9. The molecule has 29 heavy (non-hydrogen) atoms. The Morgan fingerprint density at radius 2 is 2.07 bits per heavy atom. The lowest BCUT2D eigenvalue weighted by molar-refractivity contribution is -0.116. The topological polar surface area (TPSA) is 104 Å². The van der Waals surface area contributed by atoms with Crippen molar-refractivity contribution < 1.29 is 33.0 Å². The lowest BCUT2D eigenvalue weighted by Gasteiger charge is -2.13. The molecule has 2 aromatic rings. The standard InChI is InChI=1S/C19H19F2N3O5/c1-28-14-6-7-22-11(18(14)29-2)9-24-8-10(16(23-24)19(20)21)17(27)15-12(25)4-3-5-13(15)26/h6-8,19,25H,3-5,9H2,1-2H3. The van der Waals surface area contributed by atoms with Crippen molar-refractivity contribution in [2.24, 2.45) is 0 Å². The maximum Gasteiger partial charge on any atom is 0.282 e. The zero-order valence-corrected chi connectivity index (χ0v) is 15.8. The number of rotatable bonds is 7. The summed E-state index contributed by atoms with van der Waals surface area (Å²) in [5, 5.41) is 13.7. The minimum absolute atomic E-state index is 0.0770. The Labute approximate surface area is 164 Å². The maximum atomic E-state index is 13.5. The van der Waals surface area contributed by atoms with Crippen LogP contribution < -0.4 is 9.47 Å². The summed E-state index contributed by atoms with van der Waals surface area (Å²) in [6, 6.07) is 1.58. The number of ether oxygens (including phenoxy) is 2. The molecule has 1 aliphatic rings. The smallest absolute Gasteiger partial charge is 0.282 e. The van der Waals surface area contributed by atoms with E-state index in [1.165, 1.54) is 20.4 Å². The summed E-state index contributed by atoms with van der Waals surface area (Å²) in [6.45, 7) is -0.0770. The van der Waals surface area contributed by atoms with Crippen LogP contribution in [0.25, 0.3) is 0 Å². The van der Waals surface area contributed by atoms with E-state index in [1.54, 1.807) is 6.07 Å². The maximum absolute atomic E-state index is 13.5. The number of aliphatic hydroxyl groups is 1. The van der Waals surface area contributed by atoms with Crippen molar-refractivity contribution in [3.63, 3.8) is 0 Å². The van der Waals surface area contributed by atoms with Gasteiger partial charge in [-0.2, -0.15) is 5.10 Å². The van der Waals surface area contributed by atoms with Gasteiger partial charge in [0.05, 0.1) is 26.3 Å². The van der Waals surface area contributed by atoms with Gasteiger partial charge in [0.25, 0.3) is 6.43 Å². The minimum Gasteiger partial charge on any atom is -0.511 e. The average molecular weight is 407 g/mol. The van der Waals surface area contributed by atoms with Crippen LogP contribution in [0.4, 0.5) is 8.78 Å². The number of halogens is 2. The van der Waals surface area contributed by atoms with Gasteiger partial charge in [-0.3, -0.25) is 19.3 Å². The Morgan fingerprint density at radius 3 is 2.69 bits per heavy atom. The van der Waals surface area contributed by atoms with E-state index in [0.717, 1.165) is 10.9 Å². The summed E-state index contributed by atoms with van der Waals surface area (Å²) in [7, 11) is 2.86. The lowest BCUT2D eigenvalue weighted by atomic mass is 9.90. The molecule has 0 atom stereocenters. The van der Waals surface area contributed by atoms with Crippen molar-refractivity contribution in [3.8, 4) is 11.5 Å². The Hall–Kier alpha value is -3.30. The van der Waals surface area contributed by atoms with Crippen LogP contribution in [-0.2, 0) is 11.3 Å². The molecule has 2 heterocycles. The third-order valence-electron chi connectivity index (χ3n) is 4.53. The Balaban J connectivity index is 2.00. The van der Waals surface area contributed by atoms with Crippen molar-refractivity contribution in [3.05, 3.63) is 46.7 Å². The summed E-state index contributed by atoms with van der Waals surface area (Å²) in [5.74, 6) is -1.20. The van der Waals surface area contributed by atoms with Crippen molar-refractivity contribution in [2.45, 2.75) is 32.2 Å². The second-order valence-electron chi connectivity index (χ2n) is 6.35. The van der Waals surface area contributed by atoms with E-state index >= 15 is 0 Å². The first kappa shape index (κ1) is 20.4. The number of carbonyl (C=O) groups is 2. The van der Waals surface area contributed by atoms with Crippen LogP contribution in [0.2, 0.25) is 0 Å². The number of allylic oxidation sites excluding steroid dienone is 2. The van der Waals surface area contributed by atoms with Gasteiger partial charge in [-0.05, 0) is 6.42 Å². The number of Topliss-reactive ketones (excluding diaryl/α,β-unsaturated/α-hetero) is 2. The molecular weight excluding hydrogens is 388 g/mol. The van der Waals surface area contributed by atoms with Crippen molar-refractivity contribution >= 4 is 11.6 Å². The molecule has 0 aliphatic heterocycles. The molecule has 1 aliphatic carbocycles. The van der Waals surface area contributed by atoms with Gasteiger partial charge in [0.15, 0.2) is 17.3 Å². The highest BCUT2D eigenvalue weighted by Crippen LogP contribution is 2.31. The number of ketones is 2. The molecule has 0 unspecified atom stereocenters. The quantitative estimate of drug-likeness (QED) is 0.556. The predicted molar refractivity (Wildman–Crippen MR) is 96.5 cm³/mol. The largest absolute Gasteiger partial charge is 0.511 e. The monoisotopic (exact) mass is 407 g/mol. The zero-order valence-electron chi connectivity index (χ0n) is 15.8. The SMILES string of the molecule is COc1ccnc(Cn2cc(C(=O)C3=C(O)CCCC3=O)c(C(F)F)n2)c1OC. The van der Waals surface area contributed by atoms with Crippen LogP contribution in [0.5, 0.6) is 11.5 Å². The molecule has 0 bridgehead atoms. The van der Waals surface area contributed by atoms with Crippen LogP contribution in [0, 0.1) is 0 Å². The molecule has 2 aromatic heterocycles. The molecule has 154 valence electrons. The Morgan fingerprint density at radius 1 is 1.31 bits per heavy atom. The van der Waals surface area contributed by atoms with E-state index in [9.17, 15) is 23.5 Å². The van der Waals surface area contributed by atoms with Crippen LogP contribution in [0.3, 0.4) is 0 Å². The van der Waals surface area contributed by atoms with E-state index in [1.807, 2.05) is 0 Å². The number of aliphatic hydroxyl groups excluding tert-OH is 1. The van der Waals surface area contributed by atoms with Gasteiger partial charge in [-0.1, -0.05) is 0 Å². The van der Waals surface area contributed by atoms with E-state index in [-0.39, 0.29) is 25.1 Å². The highest BCUT2D eigenvalue weighted by Gasteiger charge is 2.32. The highest BCUT2D eigenvalue weighted by atomic mass is 19.3. The third kappa shape index (κ3) is 3.96.